The van der Waals surface area contributed by atoms with Gasteiger partial charge in [0.2, 0.25) is 0 Å². The van der Waals surface area contributed by atoms with Crippen molar-refractivity contribution in [3.63, 3.8) is 0 Å². The first-order valence-corrected chi connectivity index (χ1v) is 13.2. The predicted octanol–water partition coefficient (Wildman–Crippen LogP) is 4.93. The molecule has 0 amide bonds. The van der Waals surface area contributed by atoms with Gasteiger partial charge >= 0.3 is 5.97 Å². The van der Waals surface area contributed by atoms with Crippen molar-refractivity contribution in [3.05, 3.63) is 118 Å². The molecule has 0 unspecified atom stereocenters. The molecule has 0 N–H and O–H groups in total. The van der Waals surface area contributed by atoms with Crippen LogP contribution < -0.4 is 14.9 Å². The van der Waals surface area contributed by atoms with Gasteiger partial charge in [0.05, 0.1) is 38.4 Å². The summed E-state index contributed by atoms with van der Waals surface area (Å²) in [5.41, 5.74) is 2.48. The van der Waals surface area contributed by atoms with Crippen LogP contribution in [0.15, 0.2) is 80.1 Å². The standard InChI is InChI=1S/C28H22ClN3O6S/c1-4-37-27(34)24-16(3)30-28-31(25(24)17-7-5-15(2)6-8-17)26(33)23(39-28)14-19-10-12-22(38-19)20-13-18(32(35)36)9-11-21(20)29/h5-14,25H,4H2,1-3H3/b23-14+/t25-/m1/s1. The fourth-order valence-electron chi connectivity index (χ4n) is 4.38. The smallest absolute Gasteiger partial charge is 0.338 e. The van der Waals surface area contributed by atoms with Gasteiger partial charge in [-0.1, -0.05) is 52.8 Å². The SMILES string of the molecule is CCOC(=O)C1=C(C)N=c2s/c(=C/c3ccc(-c4cc([N+](=O)[O-])ccc4Cl)o3)c(=O)n2[C@@H]1c1ccc(C)cc1. The Balaban J connectivity index is 1.62. The Labute approximate surface area is 231 Å². The molecular formula is C28H22ClN3O6S. The second-order valence-corrected chi connectivity index (χ2v) is 10.3. The lowest BCUT2D eigenvalue weighted by molar-refractivity contribution is -0.384. The van der Waals surface area contributed by atoms with E-state index in [-0.39, 0.29) is 17.9 Å². The zero-order chi connectivity index (χ0) is 27.8. The number of carbonyl (C=O) groups is 1. The number of hydrogen-bond donors (Lipinski definition) is 0. The normalized spacial score (nSPS) is 15.2. The van der Waals surface area contributed by atoms with Crippen molar-refractivity contribution in [1.29, 1.82) is 0 Å². The molecule has 1 aliphatic rings. The molecule has 0 fully saturated rings. The van der Waals surface area contributed by atoms with Gasteiger partial charge in [0.15, 0.2) is 4.80 Å². The fraction of sp³-hybridized carbons (Fsp3) is 0.179. The molecule has 3 heterocycles. The third kappa shape index (κ3) is 4.96. The van der Waals surface area contributed by atoms with Crippen molar-refractivity contribution in [2.75, 3.05) is 6.61 Å². The quantitative estimate of drug-likeness (QED) is 0.186. The van der Waals surface area contributed by atoms with E-state index >= 15 is 0 Å². The highest BCUT2D eigenvalue weighted by atomic mass is 35.5. The maximum atomic E-state index is 13.7. The Morgan fingerprint density at radius 2 is 1.95 bits per heavy atom. The topological polar surface area (TPSA) is 117 Å². The van der Waals surface area contributed by atoms with Gasteiger partial charge in [-0.25, -0.2) is 9.79 Å². The van der Waals surface area contributed by atoms with Gasteiger partial charge in [0.1, 0.15) is 11.5 Å². The average Bonchev–Trinajstić information content (AvgIpc) is 3.48. The van der Waals surface area contributed by atoms with Crippen LogP contribution >= 0.6 is 22.9 Å². The molecule has 0 saturated heterocycles. The first-order chi connectivity index (χ1) is 18.7. The number of nitrogens with zero attached hydrogens (tertiary/aromatic N) is 3. The van der Waals surface area contributed by atoms with E-state index in [1.165, 1.54) is 34.1 Å². The number of aromatic nitrogens is 1. The van der Waals surface area contributed by atoms with Gasteiger partial charge in [0, 0.05) is 23.8 Å². The molecule has 0 radical (unpaired) electrons. The van der Waals surface area contributed by atoms with E-state index in [1.807, 2.05) is 31.2 Å². The molecule has 39 heavy (non-hydrogen) atoms. The lowest BCUT2D eigenvalue weighted by Gasteiger charge is -2.24. The zero-order valence-corrected chi connectivity index (χ0v) is 22.7. The predicted molar refractivity (Wildman–Crippen MR) is 147 cm³/mol. The summed E-state index contributed by atoms with van der Waals surface area (Å²) in [6, 6.07) is 14.3. The summed E-state index contributed by atoms with van der Waals surface area (Å²) in [6.07, 6.45) is 1.58. The Kier molecular flexibility index (Phi) is 7.07. The zero-order valence-electron chi connectivity index (χ0n) is 21.1. The third-order valence-electron chi connectivity index (χ3n) is 6.24. The largest absolute Gasteiger partial charge is 0.463 e. The van der Waals surface area contributed by atoms with Gasteiger partial charge in [-0.2, -0.15) is 0 Å². The number of hydrogen-bond acceptors (Lipinski definition) is 8. The first-order valence-electron chi connectivity index (χ1n) is 12.0. The molecule has 1 atom stereocenters. The van der Waals surface area contributed by atoms with Crippen LogP contribution in [0, 0.1) is 17.0 Å². The summed E-state index contributed by atoms with van der Waals surface area (Å²) in [5.74, 6) is 0.148. The van der Waals surface area contributed by atoms with Crippen LogP contribution in [0.1, 0.15) is 36.8 Å². The minimum atomic E-state index is -0.709. The molecule has 5 rings (SSSR count). The van der Waals surface area contributed by atoms with E-state index in [9.17, 15) is 19.7 Å². The molecule has 2 aromatic heterocycles. The number of fused-ring (bicyclic) bond motifs is 1. The summed E-state index contributed by atoms with van der Waals surface area (Å²) in [7, 11) is 0. The van der Waals surface area contributed by atoms with Crippen LogP contribution in [0.3, 0.4) is 0 Å². The van der Waals surface area contributed by atoms with Crippen molar-refractivity contribution in [2.45, 2.75) is 26.8 Å². The monoisotopic (exact) mass is 563 g/mol. The number of carbonyl (C=O) groups excluding carboxylic acids is 1. The fourth-order valence-corrected chi connectivity index (χ4v) is 5.61. The van der Waals surface area contributed by atoms with E-state index in [1.54, 1.807) is 32.1 Å². The number of non-ortho nitro benzene ring substituents is 1. The lowest BCUT2D eigenvalue weighted by Crippen LogP contribution is -2.39. The summed E-state index contributed by atoms with van der Waals surface area (Å²) in [4.78, 5) is 42.4. The summed E-state index contributed by atoms with van der Waals surface area (Å²) in [5, 5.41) is 11.5. The maximum Gasteiger partial charge on any atom is 0.338 e. The second-order valence-electron chi connectivity index (χ2n) is 8.84. The maximum absolute atomic E-state index is 13.7. The minimum Gasteiger partial charge on any atom is -0.463 e. The van der Waals surface area contributed by atoms with Gasteiger partial charge < -0.3 is 9.15 Å². The second kappa shape index (κ2) is 10.5. The number of esters is 1. The highest BCUT2D eigenvalue weighted by Gasteiger charge is 2.33. The summed E-state index contributed by atoms with van der Waals surface area (Å²) < 4.78 is 13.1. The van der Waals surface area contributed by atoms with Gasteiger partial charge in [0.25, 0.3) is 11.2 Å². The lowest BCUT2D eigenvalue weighted by atomic mass is 9.95. The highest BCUT2D eigenvalue weighted by molar-refractivity contribution is 7.07. The molecule has 9 nitrogen and oxygen atoms in total. The number of benzene rings is 2. The number of rotatable bonds is 6. The van der Waals surface area contributed by atoms with Crippen LogP contribution in [0.2, 0.25) is 5.02 Å². The minimum absolute atomic E-state index is 0.121. The molecular weight excluding hydrogens is 542 g/mol. The highest BCUT2D eigenvalue weighted by Crippen LogP contribution is 2.33. The van der Waals surface area contributed by atoms with Crippen LogP contribution in [-0.2, 0) is 9.53 Å². The van der Waals surface area contributed by atoms with E-state index in [0.29, 0.717) is 42.7 Å². The number of nitro benzene ring substituents is 1. The molecule has 198 valence electrons. The van der Waals surface area contributed by atoms with Crippen molar-refractivity contribution < 1.29 is 18.9 Å². The van der Waals surface area contributed by atoms with Crippen molar-refractivity contribution >= 4 is 40.7 Å². The number of thiazole rings is 1. The Bertz CT molecular complexity index is 1830. The molecule has 2 aromatic carbocycles. The molecule has 1 aliphatic heterocycles. The molecule has 0 aliphatic carbocycles. The number of aryl methyl sites for hydroxylation is 1. The van der Waals surface area contributed by atoms with Crippen LogP contribution in [0.5, 0.6) is 0 Å². The molecule has 0 spiro atoms. The van der Waals surface area contributed by atoms with Crippen molar-refractivity contribution in [3.8, 4) is 11.3 Å². The first kappa shape index (κ1) is 26.3. The van der Waals surface area contributed by atoms with E-state index in [4.69, 9.17) is 20.8 Å². The number of ether oxygens (including phenoxy) is 1. The van der Waals surface area contributed by atoms with Crippen LogP contribution in [-0.4, -0.2) is 22.1 Å². The van der Waals surface area contributed by atoms with E-state index in [2.05, 4.69) is 4.99 Å². The number of halogens is 1. The number of furan rings is 1. The number of nitro groups is 1. The van der Waals surface area contributed by atoms with Crippen molar-refractivity contribution in [1.82, 2.24) is 4.57 Å². The average molecular weight is 564 g/mol. The Morgan fingerprint density at radius 1 is 1.21 bits per heavy atom. The molecule has 0 saturated carbocycles. The van der Waals surface area contributed by atoms with Gasteiger partial charge in [-0.3, -0.25) is 19.5 Å². The molecule has 0 bridgehead atoms. The Morgan fingerprint density at radius 3 is 2.64 bits per heavy atom. The van der Waals surface area contributed by atoms with Crippen LogP contribution in [0.4, 0.5) is 5.69 Å². The van der Waals surface area contributed by atoms with Crippen molar-refractivity contribution in [2.24, 2.45) is 4.99 Å². The summed E-state index contributed by atoms with van der Waals surface area (Å²) in [6.45, 7) is 5.60. The van der Waals surface area contributed by atoms with E-state index in [0.717, 1.165) is 11.1 Å². The number of allylic oxidation sites excluding steroid dienone is 1. The Hall–Kier alpha value is -4.28. The molecule has 11 heteroatoms. The molecule has 4 aromatic rings. The van der Waals surface area contributed by atoms with Gasteiger partial charge in [-0.15, -0.1) is 0 Å². The van der Waals surface area contributed by atoms with Gasteiger partial charge in [-0.05, 0) is 44.5 Å². The third-order valence-corrected chi connectivity index (χ3v) is 7.55. The summed E-state index contributed by atoms with van der Waals surface area (Å²) >= 11 is 7.43. The van der Waals surface area contributed by atoms with E-state index < -0.39 is 16.9 Å². The van der Waals surface area contributed by atoms with Crippen LogP contribution in [0.25, 0.3) is 17.4 Å².